The molecule has 9 heteroatoms. The van der Waals surface area contributed by atoms with Crippen molar-refractivity contribution in [2.45, 2.75) is 26.3 Å². The van der Waals surface area contributed by atoms with E-state index in [4.69, 9.17) is 33.7 Å². The summed E-state index contributed by atoms with van der Waals surface area (Å²) in [5.74, 6) is 0.485. The molecule has 0 fully saturated rings. The van der Waals surface area contributed by atoms with Crippen molar-refractivity contribution in [2.75, 3.05) is 13.2 Å². The first-order valence-electron chi connectivity index (χ1n) is 6.37. The van der Waals surface area contributed by atoms with Crippen molar-refractivity contribution in [2.24, 2.45) is 11.7 Å². The summed E-state index contributed by atoms with van der Waals surface area (Å²) >= 11 is 11.6. The number of hydrogen-bond acceptors (Lipinski definition) is 4. The molecule has 1 rings (SSSR count). The zero-order valence-corrected chi connectivity index (χ0v) is 15.5. The Bertz CT molecular complexity index is 461. The zero-order chi connectivity index (χ0) is 15.1. The first kappa shape index (κ1) is 23.8. The Morgan fingerprint density at radius 2 is 2.05 bits per heavy atom. The normalized spacial score (nSPS) is 11.2. The molecule has 3 N–H and O–H groups in total. The summed E-state index contributed by atoms with van der Waals surface area (Å²) in [5, 5.41) is 3.48. The molecule has 0 aliphatic rings. The number of halogens is 4. The van der Waals surface area contributed by atoms with E-state index in [1.54, 1.807) is 6.07 Å². The van der Waals surface area contributed by atoms with E-state index in [2.05, 4.69) is 10.3 Å². The van der Waals surface area contributed by atoms with Crippen LogP contribution in [0, 0.1) is 5.92 Å². The van der Waals surface area contributed by atoms with Crippen LogP contribution in [0.15, 0.2) is 12.3 Å². The number of amides is 1. The topological polar surface area (TPSA) is 77.2 Å². The summed E-state index contributed by atoms with van der Waals surface area (Å²) in [6, 6.07) is 1.05. The number of nitrogens with zero attached hydrogens (tertiary/aromatic N) is 1. The highest BCUT2D eigenvalue weighted by atomic mass is 35.5. The van der Waals surface area contributed by atoms with Crippen LogP contribution in [-0.2, 0) is 4.79 Å². The second-order valence-electron chi connectivity index (χ2n) is 4.82. The lowest BCUT2D eigenvalue weighted by atomic mass is 10.0. The Morgan fingerprint density at radius 3 is 2.59 bits per heavy atom. The summed E-state index contributed by atoms with van der Waals surface area (Å²) in [5.41, 5.74) is 5.75. The van der Waals surface area contributed by atoms with Gasteiger partial charge in [0.25, 0.3) is 0 Å². The molecule has 0 unspecified atom stereocenters. The number of rotatable bonds is 7. The Balaban J connectivity index is 0. The lowest BCUT2D eigenvalue weighted by Crippen LogP contribution is -2.42. The SMILES string of the molecule is CC(C)C[C@H](N)C(=O)NCCOc1ncc(Cl)cc1Cl.Cl.Cl. The van der Waals surface area contributed by atoms with Crippen LogP contribution in [-0.4, -0.2) is 30.1 Å². The van der Waals surface area contributed by atoms with Crippen LogP contribution in [0.5, 0.6) is 5.88 Å². The molecule has 0 aromatic carbocycles. The van der Waals surface area contributed by atoms with E-state index in [0.717, 1.165) is 0 Å². The van der Waals surface area contributed by atoms with Crippen molar-refractivity contribution in [1.29, 1.82) is 0 Å². The molecule has 0 saturated heterocycles. The molecular formula is C13H21Cl4N3O2. The van der Waals surface area contributed by atoms with E-state index in [1.807, 2.05) is 13.8 Å². The lowest BCUT2D eigenvalue weighted by molar-refractivity contribution is -0.122. The lowest BCUT2D eigenvalue weighted by Gasteiger charge is -2.14. The molecule has 128 valence electrons. The first-order chi connectivity index (χ1) is 9.40. The van der Waals surface area contributed by atoms with Crippen molar-refractivity contribution in [3.8, 4) is 5.88 Å². The van der Waals surface area contributed by atoms with Gasteiger partial charge in [0.1, 0.15) is 11.6 Å². The molecule has 5 nitrogen and oxygen atoms in total. The predicted octanol–water partition coefficient (Wildman–Crippen LogP) is 3.10. The number of carbonyl (C=O) groups excluding carboxylic acids is 1. The first-order valence-corrected chi connectivity index (χ1v) is 7.13. The summed E-state index contributed by atoms with van der Waals surface area (Å²) < 4.78 is 5.35. The highest BCUT2D eigenvalue weighted by molar-refractivity contribution is 6.35. The molecule has 1 heterocycles. The Morgan fingerprint density at radius 1 is 1.41 bits per heavy atom. The van der Waals surface area contributed by atoms with Gasteiger partial charge in [0.2, 0.25) is 11.8 Å². The molecule has 1 aromatic rings. The Kier molecular flexibility index (Phi) is 13.0. The van der Waals surface area contributed by atoms with Gasteiger partial charge in [-0.2, -0.15) is 0 Å². The van der Waals surface area contributed by atoms with Gasteiger partial charge >= 0.3 is 0 Å². The summed E-state index contributed by atoms with van der Waals surface area (Å²) in [7, 11) is 0. The quantitative estimate of drug-likeness (QED) is 0.699. The maximum atomic E-state index is 11.7. The molecule has 0 aliphatic carbocycles. The van der Waals surface area contributed by atoms with Crippen LogP contribution >= 0.6 is 48.0 Å². The average molecular weight is 393 g/mol. The van der Waals surface area contributed by atoms with Gasteiger partial charge in [0.15, 0.2) is 0 Å². The van der Waals surface area contributed by atoms with Crippen molar-refractivity contribution in [3.05, 3.63) is 22.3 Å². The van der Waals surface area contributed by atoms with Crippen LogP contribution in [0.4, 0.5) is 0 Å². The van der Waals surface area contributed by atoms with E-state index < -0.39 is 6.04 Å². The molecule has 0 aliphatic heterocycles. The van der Waals surface area contributed by atoms with E-state index >= 15 is 0 Å². The fourth-order valence-electron chi connectivity index (χ4n) is 1.58. The second kappa shape index (κ2) is 12.0. The molecule has 1 aromatic heterocycles. The van der Waals surface area contributed by atoms with E-state index in [1.165, 1.54) is 6.20 Å². The fourth-order valence-corrected chi connectivity index (χ4v) is 2.01. The number of ether oxygens (including phenoxy) is 1. The molecule has 22 heavy (non-hydrogen) atoms. The molecule has 0 spiro atoms. The number of nitrogens with one attached hydrogen (secondary N) is 1. The third kappa shape index (κ3) is 8.86. The summed E-state index contributed by atoms with van der Waals surface area (Å²) in [4.78, 5) is 15.6. The van der Waals surface area contributed by atoms with Crippen LogP contribution in [0.25, 0.3) is 0 Å². The van der Waals surface area contributed by atoms with Crippen LogP contribution < -0.4 is 15.8 Å². The fraction of sp³-hybridized carbons (Fsp3) is 0.538. The van der Waals surface area contributed by atoms with Gasteiger partial charge in [-0.3, -0.25) is 4.79 Å². The molecule has 0 bridgehead atoms. The van der Waals surface area contributed by atoms with Crippen LogP contribution in [0.3, 0.4) is 0 Å². The van der Waals surface area contributed by atoms with Gasteiger partial charge in [-0.25, -0.2) is 4.98 Å². The highest BCUT2D eigenvalue weighted by Crippen LogP contribution is 2.24. The monoisotopic (exact) mass is 391 g/mol. The minimum atomic E-state index is -0.493. The zero-order valence-electron chi connectivity index (χ0n) is 12.3. The van der Waals surface area contributed by atoms with Gasteiger partial charge in [-0.15, -0.1) is 24.8 Å². The standard InChI is InChI=1S/C13H19Cl2N3O2.2ClH/c1-8(2)5-11(16)12(19)17-3-4-20-13-10(15)6-9(14)7-18-13;;/h6-8,11H,3-5,16H2,1-2H3,(H,17,19);2*1H/t11-;;/m0../s1. The smallest absolute Gasteiger partial charge is 0.237 e. The van der Waals surface area contributed by atoms with E-state index in [0.29, 0.717) is 28.9 Å². The van der Waals surface area contributed by atoms with E-state index in [9.17, 15) is 4.79 Å². The maximum Gasteiger partial charge on any atom is 0.237 e. The number of pyridine rings is 1. The third-order valence-corrected chi connectivity index (χ3v) is 2.95. The van der Waals surface area contributed by atoms with Gasteiger partial charge < -0.3 is 15.8 Å². The largest absolute Gasteiger partial charge is 0.475 e. The van der Waals surface area contributed by atoms with Gasteiger partial charge in [-0.1, -0.05) is 37.0 Å². The minimum Gasteiger partial charge on any atom is -0.475 e. The number of carbonyl (C=O) groups is 1. The molecule has 0 radical (unpaired) electrons. The minimum absolute atomic E-state index is 0. The number of nitrogens with two attached hydrogens (primary N) is 1. The van der Waals surface area contributed by atoms with Crippen LogP contribution in [0.1, 0.15) is 20.3 Å². The number of aromatic nitrogens is 1. The Labute approximate surface area is 153 Å². The van der Waals surface area contributed by atoms with Crippen molar-refractivity contribution in [3.63, 3.8) is 0 Å². The molecule has 0 saturated carbocycles. The second-order valence-corrected chi connectivity index (χ2v) is 5.66. The molecule has 1 amide bonds. The van der Waals surface area contributed by atoms with Gasteiger partial charge in [0, 0.05) is 6.20 Å². The average Bonchev–Trinajstić information content (AvgIpc) is 2.35. The van der Waals surface area contributed by atoms with Crippen molar-refractivity contribution in [1.82, 2.24) is 10.3 Å². The highest BCUT2D eigenvalue weighted by Gasteiger charge is 2.14. The molecule has 1 atom stereocenters. The van der Waals surface area contributed by atoms with Crippen LogP contribution in [0.2, 0.25) is 10.0 Å². The van der Waals surface area contributed by atoms with Crippen molar-refractivity contribution < 1.29 is 9.53 Å². The van der Waals surface area contributed by atoms with Gasteiger partial charge in [-0.05, 0) is 18.4 Å². The maximum absolute atomic E-state index is 11.7. The summed E-state index contributed by atoms with van der Waals surface area (Å²) in [6.45, 7) is 4.63. The Hall–Kier alpha value is -0.460. The predicted molar refractivity (Wildman–Crippen MR) is 94.7 cm³/mol. The third-order valence-electron chi connectivity index (χ3n) is 2.48. The van der Waals surface area contributed by atoms with E-state index in [-0.39, 0.29) is 43.2 Å². The molecular weight excluding hydrogens is 372 g/mol. The number of hydrogen-bond donors (Lipinski definition) is 2. The summed E-state index contributed by atoms with van der Waals surface area (Å²) in [6.07, 6.45) is 2.09. The van der Waals surface area contributed by atoms with Crippen molar-refractivity contribution >= 4 is 53.9 Å². The van der Waals surface area contributed by atoms with Gasteiger partial charge in [0.05, 0.1) is 17.6 Å².